The predicted molar refractivity (Wildman–Crippen MR) is 101 cm³/mol. The van der Waals surface area contributed by atoms with Crippen molar-refractivity contribution in [3.05, 3.63) is 53.9 Å². The fourth-order valence-electron chi connectivity index (χ4n) is 3.84. The molecule has 3 aliphatic heterocycles. The Bertz CT molecular complexity index is 825. The average Bonchev–Trinajstić information content (AvgIpc) is 2.70. The number of amides is 1. The van der Waals surface area contributed by atoms with Crippen LogP contribution in [0, 0.1) is 5.92 Å². The van der Waals surface area contributed by atoms with Crippen LogP contribution >= 0.6 is 0 Å². The summed E-state index contributed by atoms with van der Waals surface area (Å²) < 4.78 is 5.73. The van der Waals surface area contributed by atoms with Gasteiger partial charge in [0.2, 0.25) is 0 Å². The largest absolute Gasteiger partial charge is 0.456 e. The quantitative estimate of drug-likeness (QED) is 0.825. The van der Waals surface area contributed by atoms with E-state index in [0.717, 1.165) is 19.6 Å². The number of hydrogen-bond acceptors (Lipinski definition) is 5. The molecule has 140 valence electrons. The van der Waals surface area contributed by atoms with Gasteiger partial charge in [0.05, 0.1) is 6.20 Å². The zero-order chi connectivity index (χ0) is 18.8. The molecule has 0 aliphatic carbocycles. The summed E-state index contributed by atoms with van der Waals surface area (Å²) in [7, 11) is 0. The Hall–Kier alpha value is -2.73. The van der Waals surface area contributed by atoms with Crippen LogP contribution in [0.15, 0.2) is 42.6 Å². The van der Waals surface area contributed by atoms with E-state index in [2.05, 4.69) is 15.2 Å². The maximum absolute atomic E-state index is 12.5. The molecule has 0 spiro atoms. The molecule has 1 amide bonds. The highest BCUT2D eigenvalue weighted by Crippen LogP contribution is 2.28. The second-order valence-electron chi connectivity index (χ2n) is 7.28. The molecule has 0 unspecified atom stereocenters. The SMILES string of the molecule is CC(=O)c1ccc(Oc2ccc(C(=O)N[C@H]3CN4CCC3CC4)cc2)cn1. The first-order chi connectivity index (χ1) is 13.1. The van der Waals surface area contributed by atoms with Crippen molar-refractivity contribution in [1.29, 1.82) is 0 Å². The Balaban J connectivity index is 1.36. The number of Topliss-reactive ketones (excluding diaryl/α,β-unsaturated/α-hetero) is 1. The van der Waals surface area contributed by atoms with Gasteiger partial charge in [-0.2, -0.15) is 0 Å². The summed E-state index contributed by atoms with van der Waals surface area (Å²) in [6.45, 7) is 4.75. The third-order valence-electron chi connectivity index (χ3n) is 5.42. The lowest BCUT2D eigenvalue weighted by atomic mass is 9.84. The first-order valence-electron chi connectivity index (χ1n) is 9.36. The Morgan fingerprint density at radius 1 is 1.07 bits per heavy atom. The maximum atomic E-state index is 12.5. The normalized spacial score (nSPS) is 23.7. The van der Waals surface area contributed by atoms with Crippen molar-refractivity contribution < 1.29 is 14.3 Å². The van der Waals surface area contributed by atoms with Crippen molar-refractivity contribution in [2.24, 2.45) is 5.92 Å². The number of hydrogen-bond donors (Lipinski definition) is 1. The van der Waals surface area contributed by atoms with E-state index >= 15 is 0 Å². The van der Waals surface area contributed by atoms with Crippen molar-refractivity contribution >= 4 is 11.7 Å². The zero-order valence-corrected chi connectivity index (χ0v) is 15.4. The smallest absolute Gasteiger partial charge is 0.251 e. The Morgan fingerprint density at radius 2 is 1.78 bits per heavy atom. The van der Waals surface area contributed by atoms with Crippen LogP contribution < -0.4 is 10.1 Å². The number of ketones is 1. The Morgan fingerprint density at radius 3 is 2.33 bits per heavy atom. The third kappa shape index (κ3) is 4.01. The molecule has 2 aromatic rings. The van der Waals surface area contributed by atoms with Gasteiger partial charge in [0, 0.05) is 25.1 Å². The second kappa shape index (κ2) is 7.48. The molecule has 2 bridgehead atoms. The number of aromatic nitrogens is 1. The summed E-state index contributed by atoms with van der Waals surface area (Å²) in [6.07, 6.45) is 3.87. The monoisotopic (exact) mass is 365 g/mol. The molecule has 4 heterocycles. The molecule has 1 N–H and O–H groups in total. The molecule has 3 fully saturated rings. The molecule has 3 saturated heterocycles. The van der Waals surface area contributed by atoms with Gasteiger partial charge in [-0.3, -0.25) is 9.59 Å². The van der Waals surface area contributed by atoms with Crippen LogP contribution in [-0.2, 0) is 0 Å². The van der Waals surface area contributed by atoms with E-state index in [0.29, 0.717) is 28.7 Å². The number of nitrogens with one attached hydrogen (secondary N) is 1. The lowest BCUT2D eigenvalue weighted by Crippen LogP contribution is -2.57. The molecule has 6 heteroatoms. The molecule has 0 saturated carbocycles. The first-order valence-corrected chi connectivity index (χ1v) is 9.36. The lowest BCUT2D eigenvalue weighted by molar-refractivity contribution is 0.0620. The van der Waals surface area contributed by atoms with Crippen molar-refractivity contribution in [3.63, 3.8) is 0 Å². The second-order valence-corrected chi connectivity index (χ2v) is 7.28. The molecule has 1 aromatic heterocycles. The van der Waals surface area contributed by atoms with Crippen molar-refractivity contribution in [2.45, 2.75) is 25.8 Å². The number of carbonyl (C=O) groups is 2. The van der Waals surface area contributed by atoms with E-state index in [-0.39, 0.29) is 17.7 Å². The van der Waals surface area contributed by atoms with Gasteiger partial charge in [0.1, 0.15) is 17.2 Å². The molecule has 0 radical (unpaired) electrons. The summed E-state index contributed by atoms with van der Waals surface area (Å²) >= 11 is 0. The van der Waals surface area contributed by atoms with Gasteiger partial charge in [0.25, 0.3) is 5.91 Å². The summed E-state index contributed by atoms with van der Waals surface area (Å²) in [5, 5.41) is 3.19. The van der Waals surface area contributed by atoms with Crippen molar-refractivity contribution in [3.8, 4) is 11.5 Å². The fraction of sp³-hybridized carbons (Fsp3) is 0.381. The number of ether oxygens (including phenoxy) is 1. The van der Waals surface area contributed by atoms with E-state index in [1.54, 1.807) is 36.4 Å². The maximum Gasteiger partial charge on any atom is 0.251 e. The van der Waals surface area contributed by atoms with E-state index in [1.165, 1.54) is 26.0 Å². The minimum atomic E-state index is -0.0834. The molecule has 27 heavy (non-hydrogen) atoms. The third-order valence-corrected chi connectivity index (χ3v) is 5.42. The van der Waals surface area contributed by atoms with Crippen LogP contribution in [0.2, 0.25) is 0 Å². The molecule has 5 rings (SSSR count). The van der Waals surface area contributed by atoms with Gasteiger partial charge in [-0.1, -0.05) is 0 Å². The van der Waals surface area contributed by atoms with E-state index in [4.69, 9.17) is 4.74 Å². The van der Waals surface area contributed by atoms with Crippen molar-refractivity contribution in [2.75, 3.05) is 19.6 Å². The minimum Gasteiger partial charge on any atom is -0.456 e. The van der Waals surface area contributed by atoms with Crippen LogP contribution in [-0.4, -0.2) is 47.3 Å². The summed E-state index contributed by atoms with van der Waals surface area (Å²) in [4.78, 5) is 30.3. The van der Waals surface area contributed by atoms with E-state index in [9.17, 15) is 9.59 Å². The number of piperidine rings is 3. The highest BCUT2D eigenvalue weighted by atomic mass is 16.5. The van der Waals surface area contributed by atoms with Crippen LogP contribution in [0.5, 0.6) is 11.5 Å². The highest BCUT2D eigenvalue weighted by molar-refractivity contribution is 5.94. The average molecular weight is 365 g/mol. The summed E-state index contributed by atoms with van der Waals surface area (Å²) in [5.74, 6) is 1.65. The number of rotatable bonds is 5. The summed E-state index contributed by atoms with van der Waals surface area (Å²) in [5.41, 5.74) is 1.03. The molecular formula is C21H23N3O3. The summed E-state index contributed by atoms with van der Waals surface area (Å²) in [6, 6.07) is 10.7. The van der Waals surface area contributed by atoms with Crippen LogP contribution in [0.4, 0.5) is 0 Å². The fourth-order valence-corrected chi connectivity index (χ4v) is 3.84. The standard InChI is InChI=1S/C21H23N3O3/c1-14(25)19-7-6-18(12-22-19)27-17-4-2-16(3-5-17)21(26)23-20-13-24-10-8-15(20)9-11-24/h2-7,12,15,20H,8-11,13H2,1H3,(H,23,26)/t20-/m0/s1. The first kappa shape index (κ1) is 17.7. The van der Waals surface area contributed by atoms with Gasteiger partial charge < -0.3 is 15.0 Å². The highest BCUT2D eigenvalue weighted by Gasteiger charge is 2.34. The molecular weight excluding hydrogens is 342 g/mol. The number of benzene rings is 1. The number of pyridine rings is 1. The van der Waals surface area contributed by atoms with Gasteiger partial charge in [-0.25, -0.2) is 4.98 Å². The lowest BCUT2D eigenvalue weighted by Gasteiger charge is -2.44. The van der Waals surface area contributed by atoms with Gasteiger partial charge in [-0.15, -0.1) is 0 Å². The van der Waals surface area contributed by atoms with Crippen LogP contribution in [0.1, 0.15) is 40.6 Å². The number of carbonyl (C=O) groups excluding carboxylic acids is 2. The number of fused-ring (bicyclic) bond motifs is 3. The van der Waals surface area contributed by atoms with Crippen molar-refractivity contribution in [1.82, 2.24) is 15.2 Å². The van der Waals surface area contributed by atoms with Gasteiger partial charge in [-0.05, 0) is 68.2 Å². The van der Waals surface area contributed by atoms with E-state index < -0.39 is 0 Å². The van der Waals surface area contributed by atoms with Gasteiger partial charge in [0.15, 0.2) is 5.78 Å². The number of nitrogens with zero attached hydrogens (tertiary/aromatic N) is 2. The van der Waals surface area contributed by atoms with Gasteiger partial charge >= 0.3 is 0 Å². The van der Waals surface area contributed by atoms with E-state index in [1.807, 2.05) is 0 Å². The molecule has 1 atom stereocenters. The Kier molecular flexibility index (Phi) is 4.90. The van der Waals surface area contributed by atoms with Crippen LogP contribution in [0.25, 0.3) is 0 Å². The Labute approximate surface area is 158 Å². The zero-order valence-electron chi connectivity index (χ0n) is 15.4. The molecule has 6 nitrogen and oxygen atoms in total. The molecule has 1 aromatic carbocycles. The predicted octanol–water partition coefficient (Wildman–Crippen LogP) is 2.90. The minimum absolute atomic E-state index is 0.0345. The topological polar surface area (TPSA) is 71.5 Å². The molecule has 3 aliphatic rings. The van der Waals surface area contributed by atoms with Crippen LogP contribution in [0.3, 0.4) is 0 Å².